The second kappa shape index (κ2) is 7.63. The van der Waals surface area contributed by atoms with E-state index in [9.17, 15) is 4.79 Å². The Hall–Kier alpha value is -0.650. The van der Waals surface area contributed by atoms with Crippen molar-refractivity contribution < 1.29 is 9.53 Å². The number of carbonyl (C=O) groups is 1. The summed E-state index contributed by atoms with van der Waals surface area (Å²) in [6.45, 7) is 4.56. The molecule has 0 aromatic carbocycles. The Kier molecular flexibility index (Phi) is 6.47. The van der Waals surface area contributed by atoms with Crippen molar-refractivity contribution in [3.63, 3.8) is 0 Å². The lowest BCUT2D eigenvalue weighted by molar-refractivity contribution is -0.120. The van der Waals surface area contributed by atoms with E-state index in [1.54, 1.807) is 7.11 Å². The predicted octanol–water partition coefficient (Wildman–Crippen LogP) is -0.179. The molecule has 1 unspecified atom stereocenters. The third-order valence-corrected chi connectivity index (χ3v) is 3.17. The third kappa shape index (κ3) is 6.00. The summed E-state index contributed by atoms with van der Waals surface area (Å²) < 4.78 is 4.86. The minimum atomic E-state index is 0.0309. The standard InChI is InChI=1S/C12H25N3O2/c1-10(15(2)11-4-5-11)8-13-9-12(16)14-6-7-17-3/h10-11,13H,4-9H2,1-3H3,(H,14,16). The van der Waals surface area contributed by atoms with Gasteiger partial charge in [-0.25, -0.2) is 0 Å². The van der Waals surface area contributed by atoms with Crippen LogP contribution in [0.4, 0.5) is 0 Å². The number of amides is 1. The molecule has 1 amide bonds. The largest absolute Gasteiger partial charge is 0.383 e. The smallest absolute Gasteiger partial charge is 0.234 e. The number of nitrogens with zero attached hydrogens (tertiary/aromatic N) is 1. The molecule has 17 heavy (non-hydrogen) atoms. The van der Waals surface area contributed by atoms with Gasteiger partial charge in [-0.1, -0.05) is 0 Å². The zero-order valence-corrected chi connectivity index (χ0v) is 11.2. The van der Waals surface area contributed by atoms with Crippen LogP contribution in [0, 0.1) is 0 Å². The van der Waals surface area contributed by atoms with E-state index in [1.165, 1.54) is 12.8 Å². The first kappa shape index (κ1) is 14.4. The first-order valence-electron chi connectivity index (χ1n) is 6.33. The van der Waals surface area contributed by atoms with E-state index in [0.717, 1.165) is 12.6 Å². The number of carbonyl (C=O) groups excluding carboxylic acids is 1. The second-order valence-electron chi connectivity index (χ2n) is 4.72. The van der Waals surface area contributed by atoms with Crippen LogP contribution in [0.15, 0.2) is 0 Å². The van der Waals surface area contributed by atoms with Gasteiger partial charge in [0.1, 0.15) is 0 Å². The molecule has 1 saturated carbocycles. The molecule has 1 atom stereocenters. The van der Waals surface area contributed by atoms with Gasteiger partial charge in [0.2, 0.25) is 5.91 Å². The minimum Gasteiger partial charge on any atom is -0.383 e. The van der Waals surface area contributed by atoms with Crippen LogP contribution in [0.25, 0.3) is 0 Å². The fraction of sp³-hybridized carbons (Fsp3) is 0.917. The number of nitrogens with one attached hydrogen (secondary N) is 2. The number of rotatable bonds is 9. The summed E-state index contributed by atoms with van der Waals surface area (Å²) in [5.74, 6) is 0.0309. The molecule has 0 heterocycles. The van der Waals surface area contributed by atoms with Gasteiger partial charge < -0.3 is 15.4 Å². The van der Waals surface area contributed by atoms with Crippen LogP contribution in [0.3, 0.4) is 0 Å². The Balaban J connectivity index is 2.00. The molecular formula is C12H25N3O2. The van der Waals surface area contributed by atoms with Gasteiger partial charge in [-0.05, 0) is 26.8 Å². The molecule has 0 spiro atoms. The maximum atomic E-state index is 11.4. The fourth-order valence-corrected chi connectivity index (χ4v) is 1.74. The van der Waals surface area contributed by atoms with Crippen LogP contribution in [0.1, 0.15) is 19.8 Å². The highest BCUT2D eigenvalue weighted by molar-refractivity contribution is 5.77. The number of likely N-dealkylation sites (N-methyl/N-ethyl adjacent to an activating group) is 1. The molecule has 1 aliphatic rings. The zero-order valence-electron chi connectivity index (χ0n) is 11.2. The Morgan fingerprint density at radius 3 is 2.82 bits per heavy atom. The molecule has 5 heteroatoms. The molecule has 1 fully saturated rings. The van der Waals surface area contributed by atoms with Gasteiger partial charge in [0.05, 0.1) is 13.2 Å². The predicted molar refractivity (Wildman–Crippen MR) is 68.0 cm³/mol. The maximum Gasteiger partial charge on any atom is 0.234 e. The van der Waals surface area contributed by atoms with Crippen LogP contribution in [-0.2, 0) is 9.53 Å². The van der Waals surface area contributed by atoms with Crippen molar-refractivity contribution in [1.82, 2.24) is 15.5 Å². The maximum absolute atomic E-state index is 11.4. The van der Waals surface area contributed by atoms with Crippen molar-refractivity contribution in [3.05, 3.63) is 0 Å². The molecule has 2 N–H and O–H groups in total. The molecule has 0 aliphatic heterocycles. The van der Waals surface area contributed by atoms with Crippen molar-refractivity contribution in [3.8, 4) is 0 Å². The number of hydrogen-bond donors (Lipinski definition) is 2. The summed E-state index contributed by atoms with van der Waals surface area (Å²) >= 11 is 0. The summed E-state index contributed by atoms with van der Waals surface area (Å²) in [5, 5.41) is 5.96. The van der Waals surface area contributed by atoms with Crippen LogP contribution in [0.2, 0.25) is 0 Å². The Morgan fingerprint density at radius 2 is 2.24 bits per heavy atom. The molecule has 0 saturated heterocycles. The minimum absolute atomic E-state index is 0.0309. The van der Waals surface area contributed by atoms with Crippen molar-refractivity contribution in [2.24, 2.45) is 0 Å². The number of ether oxygens (including phenoxy) is 1. The zero-order chi connectivity index (χ0) is 12.7. The second-order valence-corrected chi connectivity index (χ2v) is 4.72. The molecule has 100 valence electrons. The van der Waals surface area contributed by atoms with E-state index >= 15 is 0 Å². The van der Waals surface area contributed by atoms with Crippen molar-refractivity contribution in [2.45, 2.75) is 31.8 Å². The van der Waals surface area contributed by atoms with Crippen LogP contribution >= 0.6 is 0 Å². The van der Waals surface area contributed by atoms with Crippen molar-refractivity contribution in [1.29, 1.82) is 0 Å². The molecule has 0 radical (unpaired) electrons. The van der Waals surface area contributed by atoms with E-state index in [-0.39, 0.29) is 5.91 Å². The van der Waals surface area contributed by atoms with E-state index in [4.69, 9.17) is 4.74 Å². The molecule has 5 nitrogen and oxygen atoms in total. The molecule has 1 rings (SSSR count). The van der Waals surface area contributed by atoms with Gasteiger partial charge in [-0.15, -0.1) is 0 Å². The molecular weight excluding hydrogens is 218 g/mol. The lowest BCUT2D eigenvalue weighted by Crippen LogP contribution is -2.43. The summed E-state index contributed by atoms with van der Waals surface area (Å²) in [7, 11) is 3.78. The average molecular weight is 243 g/mol. The lowest BCUT2D eigenvalue weighted by Gasteiger charge is -2.24. The first-order valence-corrected chi connectivity index (χ1v) is 6.33. The van der Waals surface area contributed by atoms with Gasteiger partial charge in [0.25, 0.3) is 0 Å². The van der Waals surface area contributed by atoms with Gasteiger partial charge in [0, 0.05) is 32.3 Å². The Labute approximate surface area is 104 Å². The van der Waals surface area contributed by atoms with E-state index in [2.05, 4.69) is 29.5 Å². The average Bonchev–Trinajstić information content (AvgIpc) is 3.12. The topological polar surface area (TPSA) is 53.6 Å². The Morgan fingerprint density at radius 1 is 1.53 bits per heavy atom. The third-order valence-electron chi connectivity index (χ3n) is 3.17. The highest BCUT2D eigenvalue weighted by atomic mass is 16.5. The van der Waals surface area contributed by atoms with E-state index < -0.39 is 0 Å². The monoisotopic (exact) mass is 243 g/mol. The van der Waals surface area contributed by atoms with Gasteiger partial charge in [0.15, 0.2) is 0 Å². The summed E-state index contributed by atoms with van der Waals surface area (Å²) in [5.41, 5.74) is 0. The summed E-state index contributed by atoms with van der Waals surface area (Å²) in [6.07, 6.45) is 2.64. The van der Waals surface area contributed by atoms with Crippen LogP contribution in [0.5, 0.6) is 0 Å². The SMILES string of the molecule is COCCNC(=O)CNCC(C)N(C)C1CC1. The van der Waals surface area contributed by atoms with E-state index in [1.807, 2.05) is 0 Å². The Bertz CT molecular complexity index is 232. The first-order chi connectivity index (χ1) is 8.15. The van der Waals surface area contributed by atoms with Gasteiger partial charge >= 0.3 is 0 Å². The highest BCUT2D eigenvalue weighted by Crippen LogP contribution is 2.26. The van der Waals surface area contributed by atoms with Crippen LogP contribution < -0.4 is 10.6 Å². The van der Waals surface area contributed by atoms with E-state index in [0.29, 0.717) is 25.7 Å². The molecule has 0 aromatic heterocycles. The van der Waals surface area contributed by atoms with Crippen molar-refractivity contribution >= 4 is 5.91 Å². The number of hydrogen-bond acceptors (Lipinski definition) is 4. The highest BCUT2D eigenvalue weighted by Gasteiger charge is 2.28. The van der Waals surface area contributed by atoms with Gasteiger partial charge in [-0.2, -0.15) is 0 Å². The molecule has 0 bridgehead atoms. The molecule has 1 aliphatic carbocycles. The normalized spacial score (nSPS) is 17.2. The molecule has 0 aromatic rings. The number of methoxy groups -OCH3 is 1. The van der Waals surface area contributed by atoms with Crippen LogP contribution in [-0.4, -0.2) is 63.3 Å². The fourth-order valence-electron chi connectivity index (χ4n) is 1.74. The quantitative estimate of drug-likeness (QED) is 0.552. The van der Waals surface area contributed by atoms with Crippen molar-refractivity contribution in [2.75, 3.05) is 40.4 Å². The van der Waals surface area contributed by atoms with Gasteiger partial charge in [-0.3, -0.25) is 9.69 Å². The summed E-state index contributed by atoms with van der Waals surface area (Å²) in [6, 6.07) is 1.25. The lowest BCUT2D eigenvalue weighted by atomic mass is 10.3. The summed E-state index contributed by atoms with van der Waals surface area (Å²) in [4.78, 5) is 13.8.